The number of hydrogen-bond donors (Lipinski definition) is 6. The van der Waals surface area contributed by atoms with E-state index in [0.717, 1.165) is 0 Å². The molecule has 1 aromatic carbocycles. The van der Waals surface area contributed by atoms with Crippen molar-refractivity contribution in [3.05, 3.63) is 75.0 Å². The lowest BCUT2D eigenvalue weighted by Crippen LogP contribution is -2.40. The van der Waals surface area contributed by atoms with E-state index >= 15 is 0 Å². The van der Waals surface area contributed by atoms with E-state index in [0.29, 0.717) is 0 Å². The maximum atomic E-state index is 13.8. The van der Waals surface area contributed by atoms with E-state index in [9.17, 15) is 44.7 Å². The number of benzene rings is 1. The number of amides is 1. The van der Waals surface area contributed by atoms with Crippen molar-refractivity contribution >= 4 is 23.3 Å². The molecular formula is C35H45NO9. The molecule has 4 bridgehead atoms. The quantitative estimate of drug-likeness (QED) is 0.252. The molecule has 244 valence electrons. The monoisotopic (exact) mass is 623 g/mol. The van der Waals surface area contributed by atoms with Crippen LogP contribution in [0.3, 0.4) is 0 Å². The fourth-order valence-electron chi connectivity index (χ4n) is 5.83. The number of aliphatic hydroxyl groups excluding tert-OH is 4. The Labute approximate surface area is 263 Å². The Hall–Kier alpha value is -3.70. The number of allylic oxidation sites excluding steroid dienone is 5. The summed E-state index contributed by atoms with van der Waals surface area (Å²) in [6.07, 6.45) is 1.67. The van der Waals surface area contributed by atoms with Gasteiger partial charge in [0.15, 0.2) is 11.6 Å². The SMILES string of the molecule is CC1=C2NC(=O)/C(C)=C/C=C\[C@H](C)[C@@H](O)[C@@H](C)[C@@H](O)C[C@H](O)[C@H](C)[C@@H](O)[C@@H](C)/C=C(\C)C(=O)c3c(O)c(C)cc(c3C1=O)C2=O. The molecule has 45 heavy (non-hydrogen) atoms. The van der Waals surface area contributed by atoms with Crippen LogP contribution >= 0.6 is 0 Å². The molecule has 0 fully saturated rings. The predicted molar refractivity (Wildman–Crippen MR) is 169 cm³/mol. The normalized spacial score (nSPS) is 34.1. The number of carbonyl (C=O) groups excluding carboxylic acids is 4. The number of phenols is 1. The van der Waals surface area contributed by atoms with Gasteiger partial charge >= 0.3 is 0 Å². The minimum atomic E-state index is -1.15. The van der Waals surface area contributed by atoms with Crippen LogP contribution in [0.15, 0.2) is 52.8 Å². The summed E-state index contributed by atoms with van der Waals surface area (Å²) in [4.78, 5) is 54.1. The number of Topliss-reactive ketones (excluding diaryl/α,β-unsaturated/α-hetero) is 3. The van der Waals surface area contributed by atoms with Crippen LogP contribution in [0.4, 0.5) is 0 Å². The molecular weight excluding hydrogens is 578 g/mol. The number of aromatic hydroxyl groups is 1. The molecule has 0 aromatic heterocycles. The first kappa shape index (κ1) is 35.8. The number of nitrogens with one attached hydrogen (secondary N) is 1. The van der Waals surface area contributed by atoms with Gasteiger partial charge in [0.1, 0.15) is 5.75 Å². The first-order valence-corrected chi connectivity index (χ1v) is 15.2. The summed E-state index contributed by atoms with van der Waals surface area (Å²) < 4.78 is 0. The second-order valence-corrected chi connectivity index (χ2v) is 12.7. The molecule has 6 N–H and O–H groups in total. The molecule has 2 aliphatic heterocycles. The van der Waals surface area contributed by atoms with E-state index in [2.05, 4.69) is 5.32 Å². The number of hydrogen-bond acceptors (Lipinski definition) is 9. The van der Waals surface area contributed by atoms with Gasteiger partial charge in [-0.2, -0.15) is 0 Å². The second kappa shape index (κ2) is 14.2. The van der Waals surface area contributed by atoms with Gasteiger partial charge in [-0.1, -0.05) is 52.0 Å². The van der Waals surface area contributed by atoms with Crippen LogP contribution in [0.2, 0.25) is 0 Å². The van der Waals surface area contributed by atoms with Crippen LogP contribution in [0.25, 0.3) is 0 Å². The predicted octanol–water partition coefficient (Wildman–Crippen LogP) is 3.49. The van der Waals surface area contributed by atoms with E-state index in [1.807, 2.05) is 0 Å². The highest BCUT2D eigenvalue weighted by Crippen LogP contribution is 2.37. The third-order valence-electron chi connectivity index (χ3n) is 9.21. The lowest BCUT2D eigenvalue weighted by atomic mass is 9.80. The Morgan fingerprint density at radius 1 is 0.733 bits per heavy atom. The summed E-state index contributed by atoms with van der Waals surface area (Å²) >= 11 is 0. The molecule has 10 heteroatoms. The molecule has 1 amide bonds. The Morgan fingerprint density at radius 3 is 1.87 bits per heavy atom. The summed E-state index contributed by atoms with van der Waals surface area (Å²) in [7, 11) is 0. The van der Waals surface area contributed by atoms with Gasteiger partial charge in [-0.3, -0.25) is 19.2 Å². The van der Waals surface area contributed by atoms with Gasteiger partial charge in [0, 0.05) is 45.9 Å². The highest BCUT2D eigenvalue weighted by molar-refractivity contribution is 6.31. The van der Waals surface area contributed by atoms with Crippen LogP contribution in [-0.2, 0) is 4.79 Å². The summed E-state index contributed by atoms with van der Waals surface area (Å²) in [6, 6.07) is 1.31. The fourth-order valence-corrected chi connectivity index (χ4v) is 5.83. The lowest BCUT2D eigenvalue weighted by molar-refractivity contribution is -0.116. The zero-order valence-corrected chi connectivity index (χ0v) is 27.1. The lowest BCUT2D eigenvalue weighted by Gasteiger charge is -2.32. The molecule has 0 saturated carbocycles. The van der Waals surface area contributed by atoms with Crippen molar-refractivity contribution in [3.8, 4) is 5.75 Å². The average Bonchev–Trinajstić information content (AvgIpc) is 2.99. The molecule has 0 unspecified atom stereocenters. The summed E-state index contributed by atoms with van der Waals surface area (Å²) in [5.74, 6) is -5.71. The van der Waals surface area contributed by atoms with Crippen LogP contribution < -0.4 is 5.32 Å². The van der Waals surface area contributed by atoms with Crippen molar-refractivity contribution in [3.63, 3.8) is 0 Å². The fraction of sp³-hybridized carbons (Fsp3) is 0.486. The summed E-state index contributed by atoms with van der Waals surface area (Å²) in [5.41, 5.74) is -0.612. The number of aliphatic hydroxyl groups is 4. The number of rotatable bonds is 0. The van der Waals surface area contributed by atoms with Crippen molar-refractivity contribution in [2.24, 2.45) is 23.7 Å². The Bertz CT molecular complexity index is 1510. The number of fused-ring (bicyclic) bond motifs is 15. The molecule has 3 aliphatic rings. The summed E-state index contributed by atoms with van der Waals surface area (Å²) in [5, 5.41) is 57.1. The molecule has 10 nitrogen and oxygen atoms in total. The topological polar surface area (TPSA) is 181 Å². The van der Waals surface area contributed by atoms with Crippen LogP contribution in [0.1, 0.15) is 91.5 Å². The second-order valence-electron chi connectivity index (χ2n) is 12.7. The van der Waals surface area contributed by atoms with Crippen molar-refractivity contribution < 1.29 is 44.7 Å². The zero-order chi connectivity index (χ0) is 34.1. The molecule has 2 heterocycles. The smallest absolute Gasteiger partial charge is 0.251 e. The molecule has 0 spiro atoms. The third kappa shape index (κ3) is 7.25. The molecule has 1 aliphatic carbocycles. The van der Waals surface area contributed by atoms with E-state index in [-0.39, 0.29) is 51.1 Å². The standard InChI is InChI=1S/C35H45NO9/c1-15-10-9-11-16(2)35(45)36-28-22(8)33(43)26-23(34(28)44)13-19(5)32(42)27(26)31(41)18(4)12-17(3)30(40)21(7)25(38)14-24(37)20(6)29(15)39/h9-13,15,17,20-21,24-25,29-30,37-40,42H,14H2,1-8H3,(H,36,45)/b10-9-,16-11+,18-12+/t15-,17-,20-,21-,24-,25-,29+,30-/m0/s1. The maximum absolute atomic E-state index is 13.8. The van der Waals surface area contributed by atoms with Crippen molar-refractivity contribution in [2.45, 2.75) is 86.2 Å². The zero-order valence-electron chi connectivity index (χ0n) is 27.1. The van der Waals surface area contributed by atoms with Crippen LogP contribution in [0.5, 0.6) is 5.75 Å². The van der Waals surface area contributed by atoms with E-state index in [4.69, 9.17) is 0 Å². The van der Waals surface area contributed by atoms with Gasteiger partial charge in [0.05, 0.1) is 35.7 Å². The highest BCUT2D eigenvalue weighted by atomic mass is 16.3. The third-order valence-corrected chi connectivity index (χ3v) is 9.21. The molecule has 1 aromatic rings. The Kier molecular flexibility index (Phi) is 11.3. The first-order chi connectivity index (χ1) is 20.9. The van der Waals surface area contributed by atoms with E-state index < -0.39 is 77.1 Å². The molecule has 0 saturated heterocycles. The minimum absolute atomic E-state index is 0.0877. The Balaban J connectivity index is 2.18. The number of carbonyl (C=O) groups is 4. The largest absolute Gasteiger partial charge is 0.507 e. The molecule has 4 rings (SSSR count). The first-order valence-electron chi connectivity index (χ1n) is 15.2. The maximum Gasteiger partial charge on any atom is 0.251 e. The summed E-state index contributed by atoms with van der Waals surface area (Å²) in [6.45, 7) is 12.5. The van der Waals surface area contributed by atoms with Gasteiger partial charge in [0.25, 0.3) is 5.91 Å². The minimum Gasteiger partial charge on any atom is -0.507 e. The molecule has 0 radical (unpaired) electrons. The molecule has 8 atom stereocenters. The van der Waals surface area contributed by atoms with Crippen LogP contribution in [0, 0.1) is 30.6 Å². The van der Waals surface area contributed by atoms with Gasteiger partial charge in [0.2, 0.25) is 5.78 Å². The Morgan fingerprint density at radius 2 is 1.29 bits per heavy atom. The average molecular weight is 624 g/mol. The van der Waals surface area contributed by atoms with Crippen molar-refractivity contribution in [1.29, 1.82) is 0 Å². The van der Waals surface area contributed by atoms with Gasteiger partial charge in [-0.25, -0.2) is 0 Å². The number of phenolic OH excluding ortho intramolecular Hbond substituents is 1. The van der Waals surface area contributed by atoms with Crippen molar-refractivity contribution in [1.82, 2.24) is 5.32 Å². The number of ketones is 3. The van der Waals surface area contributed by atoms with Crippen LogP contribution in [-0.4, -0.2) is 73.2 Å². The van der Waals surface area contributed by atoms with E-state index in [1.54, 1.807) is 39.8 Å². The van der Waals surface area contributed by atoms with Gasteiger partial charge < -0.3 is 30.8 Å². The number of aryl methyl sites for hydroxylation is 1. The van der Waals surface area contributed by atoms with Crippen molar-refractivity contribution in [2.75, 3.05) is 0 Å². The van der Waals surface area contributed by atoms with Gasteiger partial charge in [-0.15, -0.1) is 0 Å². The van der Waals surface area contributed by atoms with E-state index in [1.165, 1.54) is 45.9 Å². The highest BCUT2D eigenvalue weighted by Gasteiger charge is 2.38. The van der Waals surface area contributed by atoms with Gasteiger partial charge in [-0.05, 0) is 51.3 Å².